The first kappa shape index (κ1) is 21.6. The highest BCUT2D eigenvalue weighted by Crippen LogP contribution is 2.27. The van der Waals surface area contributed by atoms with Gasteiger partial charge in [0.25, 0.3) is 0 Å². The van der Waals surface area contributed by atoms with Crippen molar-refractivity contribution in [1.29, 1.82) is 0 Å². The zero-order valence-electron chi connectivity index (χ0n) is 16.3. The molecule has 1 aliphatic heterocycles. The quantitative estimate of drug-likeness (QED) is 0.644. The first-order valence-electron chi connectivity index (χ1n) is 9.60. The van der Waals surface area contributed by atoms with E-state index in [1.807, 2.05) is 24.3 Å². The maximum absolute atomic E-state index is 12.9. The van der Waals surface area contributed by atoms with E-state index in [2.05, 4.69) is 5.32 Å². The molecule has 1 unspecified atom stereocenters. The average molecular weight is 437 g/mol. The van der Waals surface area contributed by atoms with Crippen LogP contribution in [0.2, 0.25) is 5.02 Å². The van der Waals surface area contributed by atoms with Crippen LogP contribution in [0.5, 0.6) is 5.75 Å². The topological polar surface area (TPSA) is 75.7 Å². The lowest BCUT2D eigenvalue weighted by molar-refractivity contribution is -0.124. The lowest BCUT2D eigenvalue weighted by Gasteiger charge is -2.23. The van der Waals surface area contributed by atoms with Gasteiger partial charge in [0.05, 0.1) is 12.0 Å². The van der Waals surface area contributed by atoms with Gasteiger partial charge in [0.15, 0.2) is 0 Å². The second-order valence-corrected chi connectivity index (χ2v) is 9.30. The maximum atomic E-state index is 12.9. The molecule has 1 atom stereocenters. The minimum Gasteiger partial charge on any atom is -0.497 e. The van der Waals surface area contributed by atoms with Crippen LogP contribution in [-0.2, 0) is 21.2 Å². The number of carbonyl (C=O) groups is 1. The lowest BCUT2D eigenvalue weighted by Crippen LogP contribution is -2.46. The van der Waals surface area contributed by atoms with Gasteiger partial charge in [-0.05, 0) is 67.6 Å². The Hall–Kier alpha value is -2.09. The van der Waals surface area contributed by atoms with E-state index in [1.165, 1.54) is 28.6 Å². The summed E-state index contributed by atoms with van der Waals surface area (Å²) in [5.74, 6) is 0.561. The van der Waals surface area contributed by atoms with Gasteiger partial charge in [-0.15, -0.1) is 0 Å². The Balaban J connectivity index is 1.56. The molecule has 3 rings (SSSR count). The molecule has 2 aromatic carbocycles. The van der Waals surface area contributed by atoms with Crippen molar-refractivity contribution in [3.05, 3.63) is 59.1 Å². The molecule has 1 amide bonds. The predicted octanol–water partition coefficient (Wildman–Crippen LogP) is 3.25. The van der Waals surface area contributed by atoms with Crippen LogP contribution in [0.3, 0.4) is 0 Å². The first-order chi connectivity index (χ1) is 13.9. The van der Waals surface area contributed by atoms with Crippen LogP contribution in [0.1, 0.15) is 24.8 Å². The minimum absolute atomic E-state index is 0.152. The molecule has 0 bridgehead atoms. The molecule has 6 nitrogen and oxygen atoms in total. The van der Waals surface area contributed by atoms with Gasteiger partial charge in [0.2, 0.25) is 15.9 Å². The summed E-state index contributed by atoms with van der Waals surface area (Å²) in [5, 5.41) is 3.36. The maximum Gasteiger partial charge on any atom is 0.243 e. The van der Waals surface area contributed by atoms with Crippen LogP contribution in [0, 0.1) is 0 Å². The number of sulfonamides is 1. The van der Waals surface area contributed by atoms with E-state index >= 15 is 0 Å². The van der Waals surface area contributed by atoms with Crippen LogP contribution in [0.4, 0.5) is 0 Å². The Kier molecular flexibility index (Phi) is 7.16. The molecular formula is C21H25ClN2O4S. The summed E-state index contributed by atoms with van der Waals surface area (Å²) >= 11 is 5.85. The molecule has 0 aromatic heterocycles. The molecule has 29 heavy (non-hydrogen) atoms. The summed E-state index contributed by atoms with van der Waals surface area (Å²) in [6, 6.07) is 13.2. The van der Waals surface area contributed by atoms with Gasteiger partial charge < -0.3 is 10.1 Å². The monoisotopic (exact) mass is 436 g/mol. The first-order valence-corrected chi connectivity index (χ1v) is 11.4. The molecule has 1 heterocycles. The molecule has 1 aliphatic rings. The molecular weight excluding hydrogens is 412 g/mol. The summed E-state index contributed by atoms with van der Waals surface area (Å²) < 4.78 is 32.4. The fourth-order valence-corrected chi connectivity index (χ4v) is 5.26. The van der Waals surface area contributed by atoms with Gasteiger partial charge in [-0.2, -0.15) is 4.31 Å². The summed E-state index contributed by atoms with van der Waals surface area (Å²) in [6.07, 6.45) is 2.74. The summed E-state index contributed by atoms with van der Waals surface area (Å²) in [6.45, 7) is 0.828. The molecule has 0 radical (unpaired) electrons. The van der Waals surface area contributed by atoms with Crippen LogP contribution >= 0.6 is 11.6 Å². The van der Waals surface area contributed by atoms with Crippen molar-refractivity contribution in [2.75, 3.05) is 20.2 Å². The number of hydrogen-bond donors (Lipinski definition) is 1. The highest BCUT2D eigenvalue weighted by atomic mass is 35.5. The minimum atomic E-state index is -3.73. The standard InChI is InChI=1S/C21H25ClN2O4S/c1-28-18-7-2-5-16(15-18)6-3-13-23-21(25)20-8-4-14-24(20)29(26,27)19-11-9-17(22)10-12-19/h2,5,7,9-12,15,20H,3-4,6,8,13-14H2,1H3,(H,23,25). The van der Waals surface area contributed by atoms with Gasteiger partial charge in [-0.1, -0.05) is 23.7 Å². The van der Waals surface area contributed by atoms with E-state index in [0.717, 1.165) is 24.2 Å². The number of amides is 1. The van der Waals surface area contributed by atoms with Crippen molar-refractivity contribution < 1.29 is 17.9 Å². The summed E-state index contributed by atoms with van der Waals surface area (Å²) in [5.41, 5.74) is 1.13. The number of nitrogens with zero attached hydrogens (tertiary/aromatic N) is 1. The number of carbonyl (C=O) groups excluding carboxylic acids is 1. The number of methoxy groups -OCH3 is 1. The van der Waals surface area contributed by atoms with Crippen molar-refractivity contribution in [3.63, 3.8) is 0 Å². The normalized spacial score (nSPS) is 17.2. The van der Waals surface area contributed by atoms with Crippen LogP contribution < -0.4 is 10.1 Å². The van der Waals surface area contributed by atoms with Gasteiger partial charge in [0, 0.05) is 18.1 Å². The summed E-state index contributed by atoms with van der Waals surface area (Å²) in [4.78, 5) is 12.8. The van der Waals surface area contributed by atoms with E-state index in [4.69, 9.17) is 16.3 Å². The second-order valence-electron chi connectivity index (χ2n) is 6.97. The third-order valence-corrected chi connectivity index (χ3v) is 7.18. The number of rotatable bonds is 8. The van der Waals surface area contributed by atoms with E-state index in [0.29, 0.717) is 31.0 Å². The molecule has 1 fully saturated rings. The van der Waals surface area contributed by atoms with Crippen LogP contribution in [-0.4, -0.2) is 44.9 Å². The second kappa shape index (κ2) is 9.61. The number of hydrogen-bond acceptors (Lipinski definition) is 4. The number of benzene rings is 2. The SMILES string of the molecule is COc1cccc(CCCNC(=O)C2CCCN2S(=O)(=O)c2ccc(Cl)cc2)c1. The lowest BCUT2D eigenvalue weighted by atomic mass is 10.1. The molecule has 1 N–H and O–H groups in total. The molecule has 0 spiro atoms. The third-order valence-electron chi connectivity index (χ3n) is 5.00. The van der Waals surface area contributed by atoms with Gasteiger partial charge in [-0.25, -0.2) is 8.42 Å². The van der Waals surface area contributed by atoms with E-state index in [1.54, 1.807) is 7.11 Å². The van der Waals surface area contributed by atoms with Crippen LogP contribution in [0.15, 0.2) is 53.4 Å². The predicted molar refractivity (Wildman–Crippen MR) is 113 cm³/mol. The zero-order chi connectivity index (χ0) is 20.9. The number of halogens is 1. The van der Waals surface area contributed by atoms with Gasteiger partial charge >= 0.3 is 0 Å². The van der Waals surface area contributed by atoms with Crippen molar-refractivity contribution in [3.8, 4) is 5.75 Å². The van der Waals surface area contributed by atoms with Crippen LogP contribution in [0.25, 0.3) is 0 Å². The van der Waals surface area contributed by atoms with Crippen molar-refractivity contribution >= 4 is 27.5 Å². The van der Waals surface area contributed by atoms with E-state index in [-0.39, 0.29) is 10.8 Å². The fraction of sp³-hybridized carbons (Fsp3) is 0.381. The van der Waals surface area contributed by atoms with Gasteiger partial charge in [-0.3, -0.25) is 4.79 Å². The Morgan fingerprint density at radius 3 is 2.72 bits per heavy atom. The number of aryl methyl sites for hydroxylation is 1. The molecule has 1 saturated heterocycles. The Morgan fingerprint density at radius 1 is 1.24 bits per heavy atom. The number of ether oxygens (including phenoxy) is 1. The molecule has 2 aromatic rings. The largest absolute Gasteiger partial charge is 0.497 e. The van der Waals surface area contributed by atoms with E-state index < -0.39 is 16.1 Å². The zero-order valence-corrected chi connectivity index (χ0v) is 17.9. The Labute approximate surface area is 176 Å². The smallest absolute Gasteiger partial charge is 0.243 e. The Morgan fingerprint density at radius 2 is 2.00 bits per heavy atom. The highest BCUT2D eigenvalue weighted by Gasteiger charge is 2.39. The Bertz CT molecular complexity index is 947. The van der Waals surface area contributed by atoms with Gasteiger partial charge in [0.1, 0.15) is 11.8 Å². The summed E-state index contributed by atoms with van der Waals surface area (Å²) in [7, 11) is -2.10. The third kappa shape index (κ3) is 5.29. The molecule has 8 heteroatoms. The van der Waals surface area contributed by atoms with Crippen molar-refractivity contribution in [2.24, 2.45) is 0 Å². The molecule has 156 valence electrons. The fourth-order valence-electron chi connectivity index (χ4n) is 3.48. The van der Waals surface area contributed by atoms with Crippen molar-refractivity contribution in [1.82, 2.24) is 9.62 Å². The van der Waals surface area contributed by atoms with E-state index in [9.17, 15) is 13.2 Å². The molecule has 0 saturated carbocycles. The highest BCUT2D eigenvalue weighted by molar-refractivity contribution is 7.89. The van der Waals surface area contributed by atoms with Crippen molar-refractivity contribution in [2.45, 2.75) is 36.6 Å². The number of nitrogens with one attached hydrogen (secondary N) is 1. The molecule has 0 aliphatic carbocycles. The average Bonchev–Trinajstić information content (AvgIpc) is 3.22.